The summed E-state index contributed by atoms with van der Waals surface area (Å²) in [5.74, 6) is -0.748. The summed E-state index contributed by atoms with van der Waals surface area (Å²) in [5, 5.41) is 11.8. The first kappa shape index (κ1) is 13.3. The average molecular weight is 281 g/mol. The van der Waals surface area contributed by atoms with Crippen molar-refractivity contribution in [2.75, 3.05) is 18.8 Å². The first-order valence-electron chi connectivity index (χ1n) is 5.48. The van der Waals surface area contributed by atoms with Crippen molar-refractivity contribution in [1.82, 2.24) is 15.2 Å². The van der Waals surface area contributed by atoms with Gasteiger partial charge in [-0.3, -0.25) is 9.69 Å². The van der Waals surface area contributed by atoms with Crippen LogP contribution in [0.2, 0.25) is 0 Å². The number of nitrogens with one attached hydrogen (secondary N) is 1. The van der Waals surface area contributed by atoms with Gasteiger partial charge in [-0.1, -0.05) is 0 Å². The molecular weight excluding hydrogens is 270 g/mol. The zero-order chi connectivity index (χ0) is 13.8. The number of aromatic nitrogens is 1. The highest BCUT2D eigenvalue weighted by Gasteiger charge is 2.27. The lowest BCUT2D eigenvalue weighted by molar-refractivity contribution is -0.124. The third-order valence-corrected chi connectivity index (χ3v) is 3.41. The van der Waals surface area contributed by atoms with Crippen LogP contribution in [0.5, 0.6) is 0 Å². The molecule has 0 aromatic carbocycles. The van der Waals surface area contributed by atoms with Gasteiger partial charge in [-0.2, -0.15) is 0 Å². The summed E-state index contributed by atoms with van der Waals surface area (Å²) in [4.78, 5) is 38.3. The van der Waals surface area contributed by atoms with E-state index in [9.17, 15) is 14.4 Å². The first-order valence-corrected chi connectivity index (χ1v) is 6.47. The molecule has 0 saturated carbocycles. The molecule has 1 fully saturated rings. The van der Waals surface area contributed by atoms with Crippen LogP contribution in [0, 0.1) is 0 Å². The van der Waals surface area contributed by atoms with Crippen LogP contribution in [-0.4, -0.2) is 51.7 Å². The number of carboxylic acid groups (broad SMARTS) is 1. The molecule has 8 heteroatoms. The number of aromatic carboxylic acids is 1. The largest absolute Gasteiger partial charge is 0.478 e. The molecule has 1 aliphatic heterocycles. The molecule has 100 valence electrons. The van der Waals surface area contributed by atoms with Gasteiger partial charge in [0, 0.05) is 18.5 Å². The zero-order valence-corrected chi connectivity index (χ0v) is 10.6. The SMILES string of the molecule is O=C(O)c1ccc(SCCN2C(=O)CNC2=O)nc1. The average Bonchev–Trinajstić information content (AvgIpc) is 2.71. The Morgan fingerprint density at radius 2 is 2.26 bits per heavy atom. The third kappa shape index (κ3) is 3.22. The van der Waals surface area contributed by atoms with Gasteiger partial charge in [-0.25, -0.2) is 14.6 Å². The summed E-state index contributed by atoms with van der Waals surface area (Å²) in [5.41, 5.74) is 0.124. The molecule has 7 nitrogen and oxygen atoms in total. The van der Waals surface area contributed by atoms with Crippen LogP contribution in [0.15, 0.2) is 23.4 Å². The molecule has 1 aliphatic rings. The normalized spacial score (nSPS) is 14.6. The van der Waals surface area contributed by atoms with Crippen molar-refractivity contribution in [2.24, 2.45) is 0 Å². The number of nitrogens with zero attached hydrogens (tertiary/aromatic N) is 2. The summed E-state index contributed by atoms with van der Waals surface area (Å²) in [6.07, 6.45) is 1.28. The zero-order valence-electron chi connectivity index (χ0n) is 9.83. The number of carbonyl (C=O) groups excluding carboxylic acids is 2. The van der Waals surface area contributed by atoms with Crippen LogP contribution >= 0.6 is 11.8 Å². The molecule has 0 radical (unpaired) electrons. The Labute approximate surface area is 113 Å². The summed E-state index contributed by atoms with van der Waals surface area (Å²) < 4.78 is 0. The molecule has 2 heterocycles. The van der Waals surface area contributed by atoms with Crippen molar-refractivity contribution in [3.8, 4) is 0 Å². The van der Waals surface area contributed by atoms with E-state index in [-0.39, 0.29) is 24.0 Å². The molecule has 2 N–H and O–H groups in total. The van der Waals surface area contributed by atoms with Gasteiger partial charge in [0.1, 0.15) is 0 Å². The van der Waals surface area contributed by atoms with E-state index in [4.69, 9.17) is 5.11 Å². The predicted molar refractivity (Wildman–Crippen MR) is 67.0 cm³/mol. The predicted octanol–water partition coefficient (Wildman–Crippen LogP) is 0.424. The van der Waals surface area contributed by atoms with Crippen LogP contribution in [0.1, 0.15) is 10.4 Å². The number of urea groups is 1. The molecule has 0 unspecified atom stereocenters. The van der Waals surface area contributed by atoms with Crippen LogP contribution in [0.4, 0.5) is 4.79 Å². The van der Waals surface area contributed by atoms with Gasteiger partial charge < -0.3 is 10.4 Å². The molecular formula is C11H11N3O4S. The van der Waals surface area contributed by atoms with E-state index >= 15 is 0 Å². The molecule has 2 rings (SSSR count). The van der Waals surface area contributed by atoms with Crippen molar-refractivity contribution in [2.45, 2.75) is 5.03 Å². The number of amides is 3. The highest BCUT2D eigenvalue weighted by molar-refractivity contribution is 7.99. The van der Waals surface area contributed by atoms with Crippen LogP contribution in [0.25, 0.3) is 0 Å². The topological polar surface area (TPSA) is 99.6 Å². The molecule has 3 amide bonds. The molecule has 0 spiro atoms. The fourth-order valence-corrected chi connectivity index (χ4v) is 2.29. The second-order valence-electron chi connectivity index (χ2n) is 3.74. The van der Waals surface area contributed by atoms with Gasteiger partial charge in [0.05, 0.1) is 17.1 Å². The Bertz CT molecular complexity index is 501. The summed E-state index contributed by atoms with van der Waals surface area (Å²) >= 11 is 1.35. The van der Waals surface area contributed by atoms with E-state index in [0.29, 0.717) is 17.3 Å². The van der Waals surface area contributed by atoms with Gasteiger partial charge in [0.2, 0.25) is 5.91 Å². The number of pyridine rings is 1. The minimum absolute atomic E-state index is 0.0507. The van der Waals surface area contributed by atoms with Gasteiger partial charge in [0.15, 0.2) is 0 Å². The lowest BCUT2D eigenvalue weighted by atomic mass is 10.3. The number of carboxylic acids is 1. The quantitative estimate of drug-likeness (QED) is 0.599. The van der Waals surface area contributed by atoms with E-state index < -0.39 is 5.97 Å². The van der Waals surface area contributed by atoms with Crippen molar-refractivity contribution in [3.05, 3.63) is 23.9 Å². The maximum absolute atomic E-state index is 11.3. The minimum Gasteiger partial charge on any atom is -0.478 e. The van der Waals surface area contributed by atoms with E-state index in [1.807, 2.05) is 0 Å². The van der Waals surface area contributed by atoms with Crippen molar-refractivity contribution >= 4 is 29.7 Å². The highest BCUT2D eigenvalue weighted by atomic mass is 32.2. The molecule has 1 aromatic heterocycles. The Kier molecular flexibility index (Phi) is 4.00. The number of carbonyl (C=O) groups is 3. The van der Waals surface area contributed by atoms with E-state index in [0.717, 1.165) is 4.90 Å². The Hall–Kier alpha value is -2.09. The fourth-order valence-electron chi connectivity index (χ4n) is 1.52. The van der Waals surface area contributed by atoms with Crippen molar-refractivity contribution < 1.29 is 19.5 Å². The number of hydrogen-bond donors (Lipinski definition) is 2. The monoisotopic (exact) mass is 281 g/mol. The van der Waals surface area contributed by atoms with E-state index in [1.165, 1.54) is 24.0 Å². The first-order chi connectivity index (χ1) is 9.08. The van der Waals surface area contributed by atoms with Crippen LogP contribution in [0.3, 0.4) is 0 Å². The van der Waals surface area contributed by atoms with Gasteiger partial charge in [-0.05, 0) is 12.1 Å². The second kappa shape index (κ2) is 5.70. The Balaban J connectivity index is 1.84. The maximum Gasteiger partial charge on any atom is 0.337 e. The maximum atomic E-state index is 11.3. The molecule has 0 atom stereocenters. The third-order valence-electron chi connectivity index (χ3n) is 2.49. The number of thioether (sulfide) groups is 1. The smallest absolute Gasteiger partial charge is 0.337 e. The molecule has 1 saturated heterocycles. The Morgan fingerprint density at radius 1 is 1.47 bits per heavy atom. The summed E-state index contributed by atoms with van der Waals surface area (Å²) in [6, 6.07) is 2.69. The van der Waals surface area contributed by atoms with E-state index in [2.05, 4.69) is 10.3 Å². The van der Waals surface area contributed by atoms with Gasteiger partial charge in [0.25, 0.3) is 0 Å². The lowest BCUT2D eigenvalue weighted by Crippen LogP contribution is -2.32. The second-order valence-corrected chi connectivity index (χ2v) is 4.86. The van der Waals surface area contributed by atoms with Crippen LogP contribution < -0.4 is 5.32 Å². The fraction of sp³-hybridized carbons (Fsp3) is 0.273. The molecule has 0 bridgehead atoms. The van der Waals surface area contributed by atoms with Crippen LogP contribution in [-0.2, 0) is 4.79 Å². The number of imide groups is 1. The van der Waals surface area contributed by atoms with Crippen molar-refractivity contribution in [1.29, 1.82) is 0 Å². The highest BCUT2D eigenvalue weighted by Crippen LogP contribution is 2.16. The standard InChI is InChI=1S/C11H11N3O4S/c15-9-6-13-11(18)14(9)3-4-19-8-2-1-7(5-12-8)10(16)17/h1-2,5H,3-4,6H2,(H,13,18)(H,16,17). The van der Waals surface area contributed by atoms with Gasteiger partial charge in [-0.15, -0.1) is 11.8 Å². The number of rotatable bonds is 5. The Morgan fingerprint density at radius 3 is 2.79 bits per heavy atom. The summed E-state index contributed by atoms with van der Waals surface area (Å²) in [7, 11) is 0. The van der Waals surface area contributed by atoms with Gasteiger partial charge >= 0.3 is 12.0 Å². The van der Waals surface area contributed by atoms with E-state index in [1.54, 1.807) is 6.07 Å². The van der Waals surface area contributed by atoms with Crippen molar-refractivity contribution in [3.63, 3.8) is 0 Å². The molecule has 1 aromatic rings. The lowest BCUT2D eigenvalue weighted by Gasteiger charge is -2.11. The molecule has 0 aliphatic carbocycles. The molecule has 19 heavy (non-hydrogen) atoms. The minimum atomic E-state index is -1.02. The summed E-state index contributed by atoms with van der Waals surface area (Å²) in [6.45, 7) is 0.354. The number of hydrogen-bond acceptors (Lipinski definition) is 5.